The number of aromatic nitrogens is 3. The van der Waals surface area contributed by atoms with E-state index in [4.69, 9.17) is 0 Å². The summed E-state index contributed by atoms with van der Waals surface area (Å²) in [4.78, 5) is 13.0. The van der Waals surface area contributed by atoms with Crippen LogP contribution in [0.2, 0.25) is 0 Å². The highest BCUT2D eigenvalue weighted by atomic mass is 16.2. The molecule has 166 valence electrons. The van der Waals surface area contributed by atoms with Crippen LogP contribution in [0.15, 0.2) is 102 Å². The zero-order valence-corrected chi connectivity index (χ0v) is 19.9. The van der Waals surface area contributed by atoms with Crippen LogP contribution in [0.4, 0.5) is 0 Å². The molecule has 0 radical (unpaired) electrons. The summed E-state index contributed by atoms with van der Waals surface area (Å²) < 4.78 is 3.01. The Kier molecular flexibility index (Phi) is 9.94. The number of nitrogens with zero attached hydrogens (tertiary/aromatic N) is 3. The maximum atomic E-state index is 13.0. The van der Waals surface area contributed by atoms with Gasteiger partial charge in [0, 0.05) is 5.70 Å². The molecule has 1 unspecified atom stereocenters. The fourth-order valence-corrected chi connectivity index (χ4v) is 3.45. The van der Waals surface area contributed by atoms with Crippen LogP contribution in [-0.4, -0.2) is 14.3 Å². The molecule has 31 heavy (non-hydrogen) atoms. The molecule has 0 aromatic carbocycles. The van der Waals surface area contributed by atoms with Gasteiger partial charge in [0.05, 0.1) is 6.04 Å². The van der Waals surface area contributed by atoms with E-state index in [1.165, 1.54) is 21.1 Å². The summed E-state index contributed by atoms with van der Waals surface area (Å²) in [6, 6.07) is -0.0951. The van der Waals surface area contributed by atoms with Gasteiger partial charge < -0.3 is 0 Å². The average molecular weight is 420 g/mol. The number of allylic oxidation sites excluding steroid dienone is 13. The van der Waals surface area contributed by atoms with Gasteiger partial charge in [-0.3, -0.25) is 4.57 Å². The minimum absolute atomic E-state index is 0.0951. The van der Waals surface area contributed by atoms with Gasteiger partial charge in [-0.25, -0.2) is 9.48 Å². The molecule has 1 aromatic heterocycles. The van der Waals surface area contributed by atoms with Crippen LogP contribution < -0.4 is 5.69 Å². The zero-order chi connectivity index (χ0) is 23.6. The molecule has 1 atom stereocenters. The third-order valence-corrected chi connectivity index (χ3v) is 5.37. The molecule has 0 aliphatic heterocycles. The van der Waals surface area contributed by atoms with Gasteiger partial charge in [-0.1, -0.05) is 82.2 Å². The Morgan fingerprint density at radius 3 is 2.39 bits per heavy atom. The highest BCUT2D eigenvalue weighted by Crippen LogP contribution is 2.35. The fourth-order valence-electron chi connectivity index (χ4n) is 3.45. The van der Waals surface area contributed by atoms with Crippen molar-refractivity contribution in [2.45, 2.75) is 54.0 Å². The first kappa shape index (κ1) is 25.9. The lowest BCUT2D eigenvalue weighted by Crippen LogP contribution is -2.29. The first-order valence-corrected chi connectivity index (χ1v) is 10.6. The Morgan fingerprint density at radius 1 is 1.16 bits per heavy atom. The molecule has 4 nitrogen and oxygen atoms in total. The van der Waals surface area contributed by atoms with Crippen molar-refractivity contribution in [2.75, 3.05) is 0 Å². The lowest BCUT2D eigenvalue weighted by molar-refractivity contribution is 0.312. The largest absolute Gasteiger partial charge is 0.350 e. The van der Waals surface area contributed by atoms with Gasteiger partial charge >= 0.3 is 5.69 Å². The molecule has 4 heteroatoms. The van der Waals surface area contributed by atoms with Crippen LogP contribution in [-0.2, 0) is 0 Å². The van der Waals surface area contributed by atoms with Gasteiger partial charge in [0.25, 0.3) is 0 Å². The SMILES string of the molecule is C=C/C=C\C(=C/C=C)C(C)(C)CC(C)n1ncn(C(=C)\C=C/C(=C\C)C(/C)=C/C)c1=O. The van der Waals surface area contributed by atoms with Crippen LogP contribution >= 0.6 is 0 Å². The van der Waals surface area contributed by atoms with Gasteiger partial charge in [0.15, 0.2) is 0 Å². The molecule has 1 rings (SSSR count). The standard InChI is InChI=1S/C27H37N3O/c1-10-14-16-25(15-11-2)27(8,9)19-23(7)30-26(31)29(20-28-30)22(6)17-18-24(13-4)21(5)12-3/h10-18,20,23H,1-2,6,19H2,3-5,7-9H3/b16-14-,18-17-,21-12+,24-13+,25-15+. The molecule has 0 amide bonds. The molecule has 0 saturated carbocycles. The molecule has 0 saturated heterocycles. The molecule has 0 N–H and O–H groups in total. The van der Waals surface area contributed by atoms with E-state index in [1.807, 2.05) is 57.2 Å². The van der Waals surface area contributed by atoms with E-state index < -0.39 is 0 Å². The smallest absolute Gasteiger partial charge is 0.250 e. The molecule has 1 aromatic rings. The average Bonchev–Trinajstić information content (AvgIpc) is 3.12. The lowest BCUT2D eigenvalue weighted by atomic mass is 9.78. The van der Waals surface area contributed by atoms with E-state index in [0.717, 1.165) is 17.6 Å². The van der Waals surface area contributed by atoms with E-state index in [9.17, 15) is 4.79 Å². The van der Waals surface area contributed by atoms with Crippen molar-refractivity contribution < 1.29 is 0 Å². The number of hydrogen-bond donors (Lipinski definition) is 0. The van der Waals surface area contributed by atoms with Crippen LogP contribution in [0, 0.1) is 5.41 Å². The molecule has 0 aliphatic carbocycles. The van der Waals surface area contributed by atoms with E-state index in [2.05, 4.69) is 51.7 Å². The second kappa shape index (κ2) is 11.9. The second-order valence-corrected chi connectivity index (χ2v) is 8.16. The first-order chi connectivity index (χ1) is 14.6. The minimum Gasteiger partial charge on any atom is -0.250 e. The summed E-state index contributed by atoms with van der Waals surface area (Å²) in [6.07, 6.45) is 19.6. The molecular weight excluding hydrogens is 382 g/mol. The van der Waals surface area contributed by atoms with Gasteiger partial charge in [0.1, 0.15) is 6.33 Å². The number of rotatable bonds is 11. The van der Waals surface area contributed by atoms with Crippen LogP contribution in [0.25, 0.3) is 5.70 Å². The minimum atomic E-state index is -0.196. The summed E-state index contributed by atoms with van der Waals surface area (Å²) >= 11 is 0. The quantitative estimate of drug-likeness (QED) is 0.369. The van der Waals surface area contributed by atoms with Crippen molar-refractivity contribution in [3.05, 3.63) is 108 Å². The second-order valence-electron chi connectivity index (χ2n) is 8.16. The van der Waals surface area contributed by atoms with Gasteiger partial charge in [0.2, 0.25) is 0 Å². The molecule has 0 spiro atoms. The van der Waals surface area contributed by atoms with Crippen molar-refractivity contribution in [3.63, 3.8) is 0 Å². The third-order valence-electron chi connectivity index (χ3n) is 5.37. The van der Waals surface area contributed by atoms with Crippen LogP contribution in [0.3, 0.4) is 0 Å². The van der Waals surface area contributed by atoms with Crippen molar-refractivity contribution in [3.8, 4) is 0 Å². The fraction of sp³-hybridized carbons (Fsp3) is 0.333. The summed E-state index contributed by atoms with van der Waals surface area (Å²) in [5.41, 5.74) is 3.57. The Balaban J connectivity index is 3.12. The van der Waals surface area contributed by atoms with E-state index in [1.54, 1.807) is 12.2 Å². The van der Waals surface area contributed by atoms with Gasteiger partial charge in [-0.05, 0) is 62.3 Å². The predicted octanol–water partition coefficient (Wildman–Crippen LogP) is 6.82. The van der Waals surface area contributed by atoms with Crippen LogP contribution in [0.1, 0.15) is 54.0 Å². The molecular formula is C27H37N3O. The summed E-state index contributed by atoms with van der Waals surface area (Å²) in [7, 11) is 0. The third kappa shape index (κ3) is 6.95. The topological polar surface area (TPSA) is 39.8 Å². The zero-order valence-electron chi connectivity index (χ0n) is 19.9. The van der Waals surface area contributed by atoms with E-state index >= 15 is 0 Å². The van der Waals surface area contributed by atoms with Gasteiger partial charge in [-0.2, -0.15) is 5.10 Å². The molecule has 1 heterocycles. The summed E-state index contributed by atoms with van der Waals surface area (Å²) in [6.45, 7) is 24.0. The Hall–Kier alpha value is -3.14. The Morgan fingerprint density at radius 2 is 1.84 bits per heavy atom. The molecule has 0 aliphatic rings. The number of hydrogen-bond acceptors (Lipinski definition) is 2. The van der Waals surface area contributed by atoms with Crippen molar-refractivity contribution in [1.29, 1.82) is 0 Å². The Labute approximate surface area is 187 Å². The van der Waals surface area contributed by atoms with Gasteiger partial charge in [-0.15, -0.1) is 0 Å². The van der Waals surface area contributed by atoms with E-state index in [-0.39, 0.29) is 17.1 Å². The van der Waals surface area contributed by atoms with Crippen molar-refractivity contribution in [2.24, 2.45) is 5.41 Å². The van der Waals surface area contributed by atoms with Crippen molar-refractivity contribution in [1.82, 2.24) is 14.3 Å². The summed E-state index contributed by atoms with van der Waals surface area (Å²) in [5, 5.41) is 4.36. The van der Waals surface area contributed by atoms with E-state index in [0.29, 0.717) is 5.70 Å². The normalized spacial score (nSPS) is 15.0. The maximum absolute atomic E-state index is 13.0. The Bertz CT molecular complexity index is 1000. The monoisotopic (exact) mass is 419 g/mol. The highest BCUT2D eigenvalue weighted by molar-refractivity contribution is 5.56. The highest BCUT2D eigenvalue weighted by Gasteiger charge is 2.26. The van der Waals surface area contributed by atoms with Crippen molar-refractivity contribution >= 4 is 5.70 Å². The van der Waals surface area contributed by atoms with Crippen LogP contribution in [0.5, 0.6) is 0 Å². The molecule has 0 fully saturated rings. The molecule has 0 bridgehead atoms. The maximum Gasteiger partial charge on any atom is 0.350 e. The first-order valence-electron chi connectivity index (χ1n) is 10.6. The predicted molar refractivity (Wildman–Crippen MR) is 135 cm³/mol. The lowest BCUT2D eigenvalue weighted by Gasteiger charge is -2.29. The summed E-state index contributed by atoms with van der Waals surface area (Å²) in [5.74, 6) is 0.